The first-order valence-electron chi connectivity index (χ1n) is 5.85. The molecule has 1 aromatic heterocycles. The van der Waals surface area contributed by atoms with Gasteiger partial charge in [0.05, 0.1) is 23.5 Å². The zero-order valence-electron chi connectivity index (χ0n) is 11.0. The third-order valence-electron chi connectivity index (χ3n) is 2.59. The van der Waals surface area contributed by atoms with Crippen LogP contribution in [-0.2, 0) is 16.1 Å². The normalized spacial score (nSPS) is 10.2. The number of nitrogens with one attached hydrogen (secondary N) is 1. The van der Waals surface area contributed by atoms with Gasteiger partial charge in [-0.2, -0.15) is 5.10 Å². The van der Waals surface area contributed by atoms with Crippen molar-refractivity contribution in [3.63, 3.8) is 0 Å². The number of hydrogen-bond acceptors (Lipinski definition) is 4. The summed E-state index contributed by atoms with van der Waals surface area (Å²) in [4.78, 5) is 23.0. The van der Waals surface area contributed by atoms with Crippen molar-refractivity contribution in [1.82, 2.24) is 9.78 Å². The molecule has 0 saturated carbocycles. The van der Waals surface area contributed by atoms with Crippen molar-refractivity contribution in [2.45, 2.75) is 6.54 Å². The van der Waals surface area contributed by atoms with Crippen LogP contribution in [0.1, 0.15) is 10.4 Å². The monoisotopic (exact) mass is 355 g/mol. The van der Waals surface area contributed by atoms with Crippen LogP contribution in [0, 0.1) is 5.82 Å². The molecule has 0 fully saturated rings. The molecule has 0 unspecified atom stereocenters. The lowest BCUT2D eigenvalue weighted by molar-refractivity contribution is -0.141. The van der Waals surface area contributed by atoms with E-state index in [2.05, 4.69) is 31.1 Å². The molecule has 0 atom stereocenters. The van der Waals surface area contributed by atoms with Crippen molar-refractivity contribution < 1.29 is 18.7 Å². The largest absolute Gasteiger partial charge is 0.468 e. The molecule has 0 aliphatic carbocycles. The number of carbonyl (C=O) groups excluding carboxylic acids is 2. The standard InChI is InChI=1S/C13H11BrFN3O3/c1-21-12(19)7-18-6-9(5-16-18)17-13(20)8-2-3-10(14)11(15)4-8/h2-6H,7H2,1H3,(H,17,20). The quantitative estimate of drug-likeness (QED) is 0.853. The molecule has 0 radical (unpaired) electrons. The Hall–Kier alpha value is -2.22. The molecule has 0 saturated heterocycles. The van der Waals surface area contributed by atoms with Crippen molar-refractivity contribution in [2.75, 3.05) is 12.4 Å². The van der Waals surface area contributed by atoms with Crippen molar-refractivity contribution in [2.24, 2.45) is 0 Å². The molecule has 110 valence electrons. The van der Waals surface area contributed by atoms with Gasteiger partial charge in [-0.15, -0.1) is 0 Å². The summed E-state index contributed by atoms with van der Waals surface area (Å²) < 4.78 is 19.5. The van der Waals surface area contributed by atoms with Crippen LogP contribution in [0.5, 0.6) is 0 Å². The second-order valence-corrected chi connectivity index (χ2v) is 4.94. The van der Waals surface area contributed by atoms with E-state index in [1.807, 2.05) is 0 Å². The maximum absolute atomic E-state index is 13.4. The van der Waals surface area contributed by atoms with E-state index in [9.17, 15) is 14.0 Å². The van der Waals surface area contributed by atoms with E-state index < -0.39 is 17.7 Å². The van der Waals surface area contributed by atoms with Crippen LogP contribution >= 0.6 is 15.9 Å². The number of aromatic nitrogens is 2. The maximum atomic E-state index is 13.4. The first-order chi connectivity index (χ1) is 9.99. The summed E-state index contributed by atoms with van der Waals surface area (Å²) in [7, 11) is 1.27. The fourth-order valence-corrected chi connectivity index (χ4v) is 1.80. The number of amides is 1. The van der Waals surface area contributed by atoms with Crippen molar-refractivity contribution in [1.29, 1.82) is 0 Å². The Bertz CT molecular complexity index is 687. The Morgan fingerprint density at radius 1 is 1.48 bits per heavy atom. The Morgan fingerprint density at radius 2 is 2.24 bits per heavy atom. The van der Waals surface area contributed by atoms with Crippen LogP contribution in [0.15, 0.2) is 35.1 Å². The molecule has 0 aliphatic rings. The lowest BCUT2D eigenvalue weighted by Crippen LogP contribution is -2.13. The highest BCUT2D eigenvalue weighted by atomic mass is 79.9. The average molecular weight is 356 g/mol. The SMILES string of the molecule is COC(=O)Cn1cc(NC(=O)c2ccc(Br)c(F)c2)cn1. The summed E-state index contributed by atoms with van der Waals surface area (Å²) in [6, 6.07) is 4.06. The average Bonchev–Trinajstić information content (AvgIpc) is 2.88. The van der Waals surface area contributed by atoms with Gasteiger partial charge in [0.15, 0.2) is 0 Å². The number of hydrogen-bond donors (Lipinski definition) is 1. The van der Waals surface area contributed by atoms with Crippen LogP contribution in [0.25, 0.3) is 0 Å². The molecule has 21 heavy (non-hydrogen) atoms. The number of halogens is 2. The van der Waals surface area contributed by atoms with Crippen LogP contribution in [0.4, 0.5) is 10.1 Å². The van der Waals surface area contributed by atoms with E-state index in [-0.39, 0.29) is 16.6 Å². The molecular formula is C13H11BrFN3O3. The van der Waals surface area contributed by atoms with E-state index in [0.29, 0.717) is 5.69 Å². The number of anilines is 1. The highest BCUT2D eigenvalue weighted by molar-refractivity contribution is 9.10. The number of ether oxygens (including phenoxy) is 1. The lowest BCUT2D eigenvalue weighted by atomic mass is 10.2. The number of nitrogens with zero attached hydrogens (tertiary/aromatic N) is 2. The summed E-state index contributed by atoms with van der Waals surface area (Å²) in [6.45, 7) is -0.0563. The highest BCUT2D eigenvalue weighted by Crippen LogP contribution is 2.17. The van der Waals surface area contributed by atoms with Gasteiger partial charge in [0.25, 0.3) is 5.91 Å². The zero-order valence-corrected chi connectivity index (χ0v) is 12.6. The van der Waals surface area contributed by atoms with Gasteiger partial charge in [-0.05, 0) is 34.1 Å². The Kier molecular flexibility index (Phi) is 4.69. The molecular weight excluding hydrogens is 345 g/mol. The first-order valence-corrected chi connectivity index (χ1v) is 6.64. The van der Waals surface area contributed by atoms with Gasteiger partial charge in [-0.1, -0.05) is 0 Å². The van der Waals surface area contributed by atoms with Gasteiger partial charge in [-0.3, -0.25) is 14.3 Å². The van der Waals surface area contributed by atoms with E-state index in [1.54, 1.807) is 0 Å². The molecule has 0 bridgehead atoms. The van der Waals surface area contributed by atoms with Crippen LogP contribution in [0.3, 0.4) is 0 Å². The minimum atomic E-state index is -0.524. The molecule has 8 heteroatoms. The third-order valence-corrected chi connectivity index (χ3v) is 3.23. The van der Waals surface area contributed by atoms with E-state index >= 15 is 0 Å². The van der Waals surface area contributed by atoms with E-state index in [1.165, 1.54) is 36.3 Å². The molecule has 6 nitrogen and oxygen atoms in total. The summed E-state index contributed by atoms with van der Waals surface area (Å²) in [5, 5.41) is 6.46. The summed E-state index contributed by atoms with van der Waals surface area (Å²) in [6.07, 6.45) is 2.86. The maximum Gasteiger partial charge on any atom is 0.327 e. The Balaban J connectivity index is 2.05. The van der Waals surface area contributed by atoms with Gasteiger partial charge < -0.3 is 10.1 Å². The number of carbonyl (C=O) groups is 2. The smallest absolute Gasteiger partial charge is 0.327 e. The summed E-state index contributed by atoms with van der Waals surface area (Å²) in [5.41, 5.74) is 0.573. The second kappa shape index (κ2) is 6.49. The second-order valence-electron chi connectivity index (χ2n) is 4.09. The van der Waals surface area contributed by atoms with Crippen LogP contribution in [0.2, 0.25) is 0 Å². The predicted molar refractivity (Wildman–Crippen MR) is 76.3 cm³/mol. The Labute approximate surface area is 128 Å². The number of methoxy groups -OCH3 is 1. The van der Waals surface area contributed by atoms with Gasteiger partial charge in [0.2, 0.25) is 0 Å². The minimum absolute atomic E-state index is 0.0563. The molecule has 1 N–H and O–H groups in total. The Morgan fingerprint density at radius 3 is 2.90 bits per heavy atom. The van der Waals surface area contributed by atoms with Gasteiger partial charge in [0, 0.05) is 11.8 Å². The zero-order chi connectivity index (χ0) is 15.4. The first kappa shape index (κ1) is 15.2. The predicted octanol–water partition coefficient (Wildman–Crippen LogP) is 2.21. The fraction of sp³-hybridized carbons (Fsp3) is 0.154. The van der Waals surface area contributed by atoms with E-state index in [4.69, 9.17) is 0 Å². The van der Waals surface area contributed by atoms with Gasteiger partial charge in [0.1, 0.15) is 12.4 Å². The summed E-state index contributed by atoms with van der Waals surface area (Å²) >= 11 is 3.01. The minimum Gasteiger partial charge on any atom is -0.468 e. The van der Waals surface area contributed by atoms with Gasteiger partial charge >= 0.3 is 5.97 Å². The summed E-state index contributed by atoms with van der Waals surface area (Å²) in [5.74, 6) is -1.45. The molecule has 1 amide bonds. The number of benzene rings is 1. The number of esters is 1. The van der Waals surface area contributed by atoms with Crippen LogP contribution < -0.4 is 5.32 Å². The molecule has 0 spiro atoms. The third kappa shape index (κ3) is 3.88. The van der Waals surface area contributed by atoms with Crippen LogP contribution in [-0.4, -0.2) is 28.8 Å². The number of rotatable bonds is 4. The molecule has 1 heterocycles. The molecule has 1 aromatic carbocycles. The molecule has 2 rings (SSSR count). The van der Waals surface area contributed by atoms with Gasteiger partial charge in [-0.25, -0.2) is 4.39 Å². The highest BCUT2D eigenvalue weighted by Gasteiger charge is 2.11. The van der Waals surface area contributed by atoms with E-state index in [0.717, 1.165) is 6.07 Å². The van der Waals surface area contributed by atoms with Crippen molar-refractivity contribution in [3.8, 4) is 0 Å². The molecule has 2 aromatic rings. The van der Waals surface area contributed by atoms with Crippen molar-refractivity contribution in [3.05, 3.63) is 46.4 Å². The topological polar surface area (TPSA) is 73.2 Å². The lowest BCUT2D eigenvalue weighted by Gasteiger charge is -2.03. The molecule has 0 aliphatic heterocycles. The fourth-order valence-electron chi connectivity index (χ4n) is 1.55. The van der Waals surface area contributed by atoms with Crippen molar-refractivity contribution >= 4 is 33.5 Å².